The molecule has 0 saturated heterocycles. The van der Waals surface area contributed by atoms with Crippen molar-refractivity contribution in [1.29, 1.82) is 0 Å². The molecule has 1 atom stereocenters. The zero-order chi connectivity index (χ0) is 16.7. The number of amides is 1. The van der Waals surface area contributed by atoms with Crippen LogP contribution in [0.2, 0.25) is 0 Å². The summed E-state index contributed by atoms with van der Waals surface area (Å²) in [5.41, 5.74) is 2.38. The molecule has 2 N–H and O–H groups in total. The van der Waals surface area contributed by atoms with Gasteiger partial charge >= 0.3 is 0 Å². The van der Waals surface area contributed by atoms with Crippen LogP contribution >= 0.6 is 0 Å². The van der Waals surface area contributed by atoms with Crippen LogP contribution in [-0.4, -0.2) is 20.6 Å². The molecule has 5 nitrogen and oxygen atoms in total. The van der Waals surface area contributed by atoms with E-state index < -0.39 is 0 Å². The van der Waals surface area contributed by atoms with Gasteiger partial charge in [0.15, 0.2) is 0 Å². The number of carbonyl (C=O) groups is 1. The molecule has 6 heteroatoms. The number of nitrogens with one attached hydrogen (secondary N) is 1. The minimum Gasteiger partial charge on any atom is -0.508 e. The highest BCUT2D eigenvalue weighted by molar-refractivity contribution is 5.94. The Morgan fingerprint density at radius 3 is 2.54 bits per heavy atom. The summed E-state index contributed by atoms with van der Waals surface area (Å²) in [6.45, 7) is 0. The Balaban J connectivity index is 1.80. The van der Waals surface area contributed by atoms with Gasteiger partial charge in [-0.15, -0.1) is 0 Å². The van der Waals surface area contributed by atoms with E-state index >= 15 is 0 Å². The number of imidazole rings is 1. The number of aromatic hydroxyl groups is 1. The summed E-state index contributed by atoms with van der Waals surface area (Å²) in [6, 6.07) is 12.8. The van der Waals surface area contributed by atoms with E-state index in [1.807, 2.05) is 0 Å². The summed E-state index contributed by atoms with van der Waals surface area (Å²) < 4.78 is 14.9. The van der Waals surface area contributed by atoms with Crippen molar-refractivity contribution < 1.29 is 14.3 Å². The van der Waals surface area contributed by atoms with E-state index in [0.717, 1.165) is 16.9 Å². The van der Waals surface area contributed by atoms with E-state index in [-0.39, 0.29) is 29.8 Å². The molecular formula is C18H14FN3O2. The molecule has 0 unspecified atom stereocenters. The van der Waals surface area contributed by atoms with Crippen LogP contribution in [0.3, 0.4) is 0 Å². The van der Waals surface area contributed by atoms with E-state index in [4.69, 9.17) is 0 Å². The van der Waals surface area contributed by atoms with Gasteiger partial charge in [0.2, 0.25) is 5.91 Å². The van der Waals surface area contributed by atoms with Crippen molar-refractivity contribution in [2.45, 2.75) is 12.3 Å². The lowest BCUT2D eigenvalue weighted by atomic mass is 9.90. The van der Waals surface area contributed by atoms with Crippen molar-refractivity contribution in [3.8, 4) is 11.4 Å². The van der Waals surface area contributed by atoms with Crippen LogP contribution in [0.4, 0.5) is 10.2 Å². The maximum Gasteiger partial charge on any atom is 0.226 e. The Labute approximate surface area is 137 Å². The summed E-state index contributed by atoms with van der Waals surface area (Å²) in [6.07, 6.45) is 1.91. The number of anilines is 1. The van der Waals surface area contributed by atoms with Crippen molar-refractivity contribution in [3.63, 3.8) is 0 Å². The normalized spacial score (nSPS) is 16.5. The highest BCUT2D eigenvalue weighted by Gasteiger charge is 2.30. The summed E-state index contributed by atoms with van der Waals surface area (Å²) in [4.78, 5) is 16.6. The van der Waals surface area contributed by atoms with Crippen LogP contribution in [0.25, 0.3) is 5.69 Å². The Kier molecular flexibility index (Phi) is 3.30. The first kappa shape index (κ1) is 14.4. The molecule has 4 rings (SSSR count). The number of fused-ring (bicyclic) bond motifs is 1. The predicted octanol–water partition coefficient (Wildman–Crippen LogP) is 3.19. The molecule has 120 valence electrons. The maximum absolute atomic E-state index is 13.1. The van der Waals surface area contributed by atoms with Gasteiger partial charge in [-0.1, -0.05) is 12.1 Å². The third kappa shape index (κ3) is 2.42. The van der Waals surface area contributed by atoms with Crippen LogP contribution in [-0.2, 0) is 4.79 Å². The minimum absolute atomic E-state index is 0.107. The van der Waals surface area contributed by atoms with E-state index in [0.29, 0.717) is 5.82 Å². The molecule has 1 aliphatic rings. The number of rotatable bonds is 2. The molecule has 2 aromatic carbocycles. The third-order valence-electron chi connectivity index (χ3n) is 4.17. The molecule has 1 aromatic heterocycles. The van der Waals surface area contributed by atoms with Gasteiger partial charge < -0.3 is 10.4 Å². The second-order valence-electron chi connectivity index (χ2n) is 5.72. The van der Waals surface area contributed by atoms with Gasteiger partial charge in [-0.2, -0.15) is 0 Å². The first-order chi connectivity index (χ1) is 11.6. The van der Waals surface area contributed by atoms with Crippen molar-refractivity contribution in [3.05, 3.63) is 71.9 Å². The summed E-state index contributed by atoms with van der Waals surface area (Å²) in [5, 5.41) is 12.3. The predicted molar refractivity (Wildman–Crippen MR) is 86.7 cm³/mol. The fraction of sp³-hybridized carbons (Fsp3) is 0.111. The van der Waals surface area contributed by atoms with Crippen LogP contribution in [0.15, 0.2) is 54.9 Å². The average molecular weight is 323 g/mol. The average Bonchev–Trinajstić information content (AvgIpc) is 2.99. The van der Waals surface area contributed by atoms with Gasteiger partial charge in [0.1, 0.15) is 23.7 Å². The highest BCUT2D eigenvalue weighted by Crippen LogP contribution is 2.37. The van der Waals surface area contributed by atoms with E-state index in [1.54, 1.807) is 47.3 Å². The molecule has 0 aliphatic carbocycles. The highest BCUT2D eigenvalue weighted by atomic mass is 19.1. The molecule has 3 aromatic rings. The van der Waals surface area contributed by atoms with Crippen LogP contribution in [0.5, 0.6) is 5.75 Å². The summed E-state index contributed by atoms with van der Waals surface area (Å²) >= 11 is 0. The SMILES string of the molecule is O=C1C[C@H](c2ccc(O)cc2)c2ncn(-c3ccc(F)cc3)c2N1. The number of nitrogens with zero attached hydrogens (tertiary/aromatic N) is 2. The molecule has 0 bridgehead atoms. The molecule has 24 heavy (non-hydrogen) atoms. The molecule has 1 amide bonds. The smallest absolute Gasteiger partial charge is 0.226 e. The van der Waals surface area contributed by atoms with Gasteiger partial charge in [0.05, 0.1) is 5.69 Å². The van der Waals surface area contributed by atoms with Gasteiger partial charge in [-0.3, -0.25) is 9.36 Å². The number of aromatic nitrogens is 2. The topological polar surface area (TPSA) is 67.1 Å². The van der Waals surface area contributed by atoms with Crippen molar-refractivity contribution >= 4 is 11.7 Å². The quantitative estimate of drug-likeness (QED) is 0.761. The van der Waals surface area contributed by atoms with Gasteiger partial charge in [-0.25, -0.2) is 9.37 Å². The van der Waals surface area contributed by atoms with Gasteiger partial charge in [0.25, 0.3) is 0 Å². The zero-order valence-corrected chi connectivity index (χ0v) is 12.6. The second kappa shape index (κ2) is 5.49. The lowest BCUT2D eigenvalue weighted by Crippen LogP contribution is -2.24. The van der Waals surface area contributed by atoms with Gasteiger partial charge in [-0.05, 0) is 42.0 Å². The van der Waals surface area contributed by atoms with E-state index in [1.165, 1.54) is 12.1 Å². The standard InChI is InChI=1S/C18H14FN3O2/c19-12-3-5-13(6-4-12)22-10-20-17-15(9-16(24)21-18(17)22)11-1-7-14(23)8-2-11/h1-8,10,15,23H,9H2,(H,21,24)/t15-/m1/s1. The number of phenols is 1. The van der Waals surface area contributed by atoms with Crippen LogP contribution in [0.1, 0.15) is 23.6 Å². The largest absolute Gasteiger partial charge is 0.508 e. The second-order valence-corrected chi connectivity index (χ2v) is 5.72. The summed E-state index contributed by atoms with van der Waals surface area (Å²) in [7, 11) is 0. The number of benzene rings is 2. The Hall–Kier alpha value is -3.15. The molecular weight excluding hydrogens is 309 g/mol. The van der Waals surface area contributed by atoms with E-state index in [9.17, 15) is 14.3 Å². The molecule has 2 heterocycles. The maximum atomic E-state index is 13.1. The molecule has 0 saturated carbocycles. The van der Waals surface area contributed by atoms with Crippen LogP contribution < -0.4 is 5.32 Å². The fourth-order valence-corrected chi connectivity index (χ4v) is 2.99. The monoisotopic (exact) mass is 323 g/mol. The first-order valence-electron chi connectivity index (χ1n) is 7.54. The lowest BCUT2D eigenvalue weighted by molar-refractivity contribution is -0.116. The number of hydrogen-bond acceptors (Lipinski definition) is 3. The Bertz CT molecular complexity index is 901. The number of halogens is 1. The molecule has 0 spiro atoms. The van der Waals surface area contributed by atoms with Crippen molar-refractivity contribution in [1.82, 2.24) is 9.55 Å². The Morgan fingerprint density at radius 1 is 1.12 bits per heavy atom. The summed E-state index contributed by atoms with van der Waals surface area (Å²) in [5.74, 6) is 0.159. The Morgan fingerprint density at radius 2 is 1.83 bits per heavy atom. The minimum atomic E-state index is -0.321. The molecule has 0 fully saturated rings. The molecule has 0 radical (unpaired) electrons. The van der Waals surface area contributed by atoms with Gasteiger partial charge in [0, 0.05) is 18.0 Å². The number of hydrogen-bond donors (Lipinski definition) is 2. The zero-order valence-electron chi connectivity index (χ0n) is 12.6. The fourth-order valence-electron chi connectivity index (χ4n) is 2.99. The third-order valence-corrected chi connectivity index (χ3v) is 4.17. The first-order valence-corrected chi connectivity index (χ1v) is 7.54. The van der Waals surface area contributed by atoms with E-state index in [2.05, 4.69) is 10.3 Å². The van der Waals surface area contributed by atoms with Crippen molar-refractivity contribution in [2.24, 2.45) is 0 Å². The lowest BCUT2D eigenvalue weighted by Gasteiger charge is -2.23. The number of phenolic OH excluding ortho intramolecular Hbond substituents is 1. The van der Waals surface area contributed by atoms with Crippen LogP contribution in [0, 0.1) is 5.82 Å². The number of carbonyl (C=O) groups excluding carboxylic acids is 1. The molecule has 1 aliphatic heterocycles. The van der Waals surface area contributed by atoms with Crippen molar-refractivity contribution in [2.75, 3.05) is 5.32 Å².